The third-order valence-electron chi connectivity index (χ3n) is 1.38. The van der Waals surface area contributed by atoms with Crippen LogP contribution in [0.25, 0.3) is 0 Å². The molecule has 0 aliphatic rings. The molecule has 0 saturated carbocycles. The van der Waals surface area contributed by atoms with Crippen LogP contribution < -0.4 is 0 Å². The molecule has 9 heteroatoms. The minimum atomic E-state index is -4.90. The second kappa shape index (κ2) is 5.10. The minimum absolute atomic E-state index is 0.00734. The Morgan fingerprint density at radius 2 is 2.13 bits per heavy atom. The summed E-state index contributed by atoms with van der Waals surface area (Å²) >= 11 is 2.88. The highest BCUT2D eigenvalue weighted by atomic mass is 79.9. The van der Waals surface area contributed by atoms with Gasteiger partial charge in [-0.1, -0.05) is 22.5 Å². The Labute approximate surface area is 91.5 Å². The zero-order valence-electron chi connectivity index (χ0n) is 7.58. The van der Waals surface area contributed by atoms with Crippen molar-refractivity contribution < 1.29 is 18.2 Å². The maximum Gasteiger partial charge on any atom is 0.456 e. The van der Waals surface area contributed by atoms with Crippen molar-refractivity contribution in [2.45, 2.75) is 6.18 Å². The molecule has 0 rings (SSSR count). The smallest absolute Gasteiger partial charge is 0.324 e. The first-order chi connectivity index (χ1) is 6.70. The van der Waals surface area contributed by atoms with Crippen molar-refractivity contribution >= 4 is 21.8 Å². The number of nitro groups is 1. The van der Waals surface area contributed by atoms with Crippen molar-refractivity contribution in [3.05, 3.63) is 22.4 Å². The second-order valence-corrected chi connectivity index (χ2v) is 2.98. The van der Waals surface area contributed by atoms with Crippen LogP contribution in [0.3, 0.4) is 0 Å². The first kappa shape index (κ1) is 13.9. The highest BCUT2D eigenvalue weighted by Crippen LogP contribution is 2.21. The van der Waals surface area contributed by atoms with Gasteiger partial charge in [-0.15, -0.1) is 0 Å². The van der Waals surface area contributed by atoms with Crippen LogP contribution in [0.1, 0.15) is 0 Å². The lowest BCUT2D eigenvalue weighted by Gasteiger charge is -2.21. The molecule has 0 aliphatic heterocycles. The number of hydrazone groups is 1. The van der Waals surface area contributed by atoms with E-state index in [0.717, 1.165) is 7.05 Å². The number of allylic oxidation sites excluding steroid dienone is 1. The molecular weight excluding hydrogens is 283 g/mol. The molecule has 0 saturated heterocycles. The molecular formula is C6H7BrF3N3O2. The van der Waals surface area contributed by atoms with E-state index in [-0.39, 0.29) is 11.0 Å². The van der Waals surface area contributed by atoms with Gasteiger partial charge in [-0.05, 0) is 0 Å². The normalized spacial score (nSPS) is 12.5. The molecule has 0 amide bonds. The first-order valence-electron chi connectivity index (χ1n) is 3.47. The van der Waals surface area contributed by atoms with Gasteiger partial charge in [-0.3, -0.25) is 0 Å². The van der Waals surface area contributed by atoms with Crippen molar-refractivity contribution in [3.8, 4) is 0 Å². The fraction of sp³-hybridized carbons (Fsp3) is 0.500. The van der Waals surface area contributed by atoms with Gasteiger partial charge in [0, 0.05) is 18.1 Å². The van der Waals surface area contributed by atoms with Gasteiger partial charge in [0.05, 0.1) is 5.10 Å². The Morgan fingerprint density at radius 1 is 1.67 bits per heavy atom. The lowest BCUT2D eigenvalue weighted by atomic mass is 10.4. The largest absolute Gasteiger partial charge is 0.456 e. The van der Waals surface area contributed by atoms with E-state index in [4.69, 9.17) is 0 Å². The molecule has 0 unspecified atom stereocenters. The van der Waals surface area contributed by atoms with Crippen LogP contribution in [0, 0.1) is 10.1 Å². The monoisotopic (exact) mass is 289 g/mol. The highest BCUT2D eigenvalue weighted by molar-refractivity contribution is 9.09. The maximum absolute atomic E-state index is 12.3. The van der Waals surface area contributed by atoms with Gasteiger partial charge in [-0.2, -0.15) is 13.2 Å². The van der Waals surface area contributed by atoms with E-state index < -0.39 is 17.0 Å². The SMILES string of the molecule is C=C(CBr)N(C)/C(=N\[N+](=O)[O-])C(F)(F)F. The number of hydrogen-bond donors (Lipinski definition) is 0. The van der Waals surface area contributed by atoms with Crippen LogP contribution in [0.5, 0.6) is 0 Å². The average Bonchev–Trinajstić information content (AvgIpc) is 2.09. The summed E-state index contributed by atoms with van der Waals surface area (Å²) in [4.78, 5) is 10.4. The molecule has 0 aromatic carbocycles. The lowest BCUT2D eigenvalue weighted by Crippen LogP contribution is -2.39. The van der Waals surface area contributed by atoms with Gasteiger partial charge < -0.3 is 4.90 Å². The molecule has 0 fully saturated rings. The van der Waals surface area contributed by atoms with E-state index in [1.165, 1.54) is 0 Å². The number of hydrogen-bond acceptors (Lipinski definition) is 2. The Kier molecular flexibility index (Phi) is 4.72. The number of halogens is 4. The summed E-state index contributed by atoms with van der Waals surface area (Å²) < 4.78 is 36.9. The van der Waals surface area contributed by atoms with Crippen LogP contribution in [-0.4, -0.2) is 34.3 Å². The van der Waals surface area contributed by atoms with E-state index in [1.807, 2.05) is 0 Å². The molecule has 0 radical (unpaired) electrons. The molecule has 0 aliphatic carbocycles. The maximum atomic E-state index is 12.3. The van der Waals surface area contributed by atoms with E-state index >= 15 is 0 Å². The fourth-order valence-electron chi connectivity index (χ4n) is 0.631. The van der Waals surface area contributed by atoms with E-state index in [0.29, 0.717) is 4.90 Å². The van der Waals surface area contributed by atoms with Crippen LogP contribution in [0.15, 0.2) is 17.4 Å². The molecule has 0 spiro atoms. The number of nitrogens with zero attached hydrogens (tertiary/aromatic N) is 3. The zero-order chi connectivity index (χ0) is 12.2. The van der Waals surface area contributed by atoms with Crippen LogP contribution in [0.2, 0.25) is 0 Å². The van der Waals surface area contributed by atoms with Crippen molar-refractivity contribution in [1.82, 2.24) is 4.90 Å². The van der Waals surface area contributed by atoms with E-state index in [9.17, 15) is 23.3 Å². The fourth-order valence-corrected chi connectivity index (χ4v) is 1.01. The summed E-state index contributed by atoms with van der Waals surface area (Å²) in [5, 5.41) is 10.8. The van der Waals surface area contributed by atoms with Crippen molar-refractivity contribution in [3.63, 3.8) is 0 Å². The molecule has 0 aromatic heterocycles. The van der Waals surface area contributed by atoms with Crippen molar-refractivity contribution in [2.24, 2.45) is 5.10 Å². The molecule has 0 N–H and O–H groups in total. The number of rotatable bonds is 3. The van der Waals surface area contributed by atoms with E-state index in [2.05, 4.69) is 27.6 Å². The third kappa shape index (κ3) is 4.28. The zero-order valence-corrected chi connectivity index (χ0v) is 9.17. The van der Waals surface area contributed by atoms with Gasteiger partial charge in [0.1, 0.15) is 0 Å². The third-order valence-corrected chi connectivity index (χ3v) is 2.02. The molecule has 86 valence electrons. The van der Waals surface area contributed by atoms with Gasteiger partial charge >= 0.3 is 6.18 Å². The van der Waals surface area contributed by atoms with Crippen LogP contribution >= 0.6 is 15.9 Å². The van der Waals surface area contributed by atoms with Crippen molar-refractivity contribution in [1.29, 1.82) is 0 Å². The first-order valence-corrected chi connectivity index (χ1v) is 4.60. The summed E-state index contributed by atoms with van der Waals surface area (Å²) in [6, 6.07) is 0. The summed E-state index contributed by atoms with van der Waals surface area (Å²) in [7, 11) is 0.999. The quantitative estimate of drug-likeness (QED) is 0.262. The lowest BCUT2D eigenvalue weighted by molar-refractivity contribution is -0.486. The summed E-state index contributed by atoms with van der Waals surface area (Å²) in [5.41, 5.74) is 0.00734. The van der Waals surface area contributed by atoms with Gasteiger partial charge in [0.25, 0.3) is 5.84 Å². The second-order valence-electron chi connectivity index (χ2n) is 2.42. The number of alkyl halides is 4. The molecule has 0 aromatic rings. The Bertz CT molecular complexity index is 302. The van der Waals surface area contributed by atoms with Crippen LogP contribution in [0.4, 0.5) is 13.2 Å². The molecule has 0 atom stereocenters. The Balaban J connectivity index is 5.14. The average molecular weight is 290 g/mol. The van der Waals surface area contributed by atoms with E-state index in [1.54, 1.807) is 0 Å². The Morgan fingerprint density at radius 3 is 2.40 bits per heavy atom. The van der Waals surface area contributed by atoms with Gasteiger partial charge in [0.2, 0.25) is 0 Å². The molecule has 0 heterocycles. The molecule has 0 bridgehead atoms. The molecule has 15 heavy (non-hydrogen) atoms. The van der Waals surface area contributed by atoms with Gasteiger partial charge in [-0.25, -0.2) is 10.1 Å². The number of amidine groups is 1. The van der Waals surface area contributed by atoms with Crippen molar-refractivity contribution in [2.75, 3.05) is 12.4 Å². The predicted molar refractivity (Wildman–Crippen MR) is 51.2 cm³/mol. The summed E-state index contributed by atoms with van der Waals surface area (Å²) in [5.74, 6) is -1.61. The molecule has 5 nitrogen and oxygen atoms in total. The topological polar surface area (TPSA) is 58.7 Å². The predicted octanol–water partition coefficient (Wildman–Crippen LogP) is 1.98. The minimum Gasteiger partial charge on any atom is -0.324 e. The Hall–Kier alpha value is -1.12. The summed E-state index contributed by atoms with van der Waals surface area (Å²) in [6.07, 6.45) is -4.90. The summed E-state index contributed by atoms with van der Waals surface area (Å²) in [6.45, 7) is 3.29. The highest BCUT2D eigenvalue weighted by Gasteiger charge is 2.42. The standard InChI is InChI=1S/C6H7BrF3N3O2/c1-4(3-7)12(2)5(6(8,9)10)11-13(14)15/h1,3H2,2H3/b11-5-. The van der Waals surface area contributed by atoms with Crippen LogP contribution in [-0.2, 0) is 0 Å². The van der Waals surface area contributed by atoms with Gasteiger partial charge in [0.15, 0.2) is 5.03 Å².